The van der Waals surface area contributed by atoms with Gasteiger partial charge >= 0.3 is 0 Å². The van der Waals surface area contributed by atoms with Crippen LogP contribution in [0.5, 0.6) is 11.5 Å². The quantitative estimate of drug-likeness (QED) is 0.728. The zero-order chi connectivity index (χ0) is 16.6. The standard InChI is InChI=1S/C15H14Cl2N4O2/c1-22-11-5-8(10(16)6-12(11)23-2)7-21-4-3-9-13(17)19-15(18)20-14(9)21/h3-6H,7H2,1-2H3,(H2,18,19,20). The Morgan fingerprint density at radius 3 is 2.52 bits per heavy atom. The SMILES string of the molecule is COc1cc(Cl)c(Cn2ccc3c(Cl)nc(N)nc32)cc1OC. The number of nitrogens with zero attached hydrogens (tertiary/aromatic N) is 3. The fourth-order valence-electron chi connectivity index (χ4n) is 2.37. The highest BCUT2D eigenvalue weighted by Gasteiger charge is 2.13. The van der Waals surface area contributed by atoms with Gasteiger partial charge in [0.05, 0.1) is 26.2 Å². The number of fused-ring (bicyclic) bond motifs is 1. The lowest BCUT2D eigenvalue weighted by Gasteiger charge is -2.12. The lowest BCUT2D eigenvalue weighted by Crippen LogP contribution is -2.03. The van der Waals surface area contributed by atoms with E-state index in [1.807, 2.05) is 22.9 Å². The third-order valence-electron chi connectivity index (χ3n) is 3.48. The van der Waals surface area contributed by atoms with Crippen molar-refractivity contribution in [1.82, 2.24) is 14.5 Å². The van der Waals surface area contributed by atoms with Crippen LogP contribution < -0.4 is 15.2 Å². The maximum Gasteiger partial charge on any atom is 0.223 e. The van der Waals surface area contributed by atoms with Gasteiger partial charge in [-0.15, -0.1) is 0 Å². The molecular formula is C15H14Cl2N4O2. The van der Waals surface area contributed by atoms with Crippen molar-refractivity contribution in [3.63, 3.8) is 0 Å². The van der Waals surface area contributed by atoms with Crippen molar-refractivity contribution < 1.29 is 9.47 Å². The first kappa shape index (κ1) is 15.7. The molecule has 120 valence electrons. The van der Waals surface area contributed by atoms with Crippen molar-refractivity contribution in [2.24, 2.45) is 0 Å². The average Bonchev–Trinajstić information content (AvgIpc) is 2.92. The molecule has 0 fully saturated rings. The van der Waals surface area contributed by atoms with E-state index < -0.39 is 0 Å². The lowest BCUT2D eigenvalue weighted by molar-refractivity contribution is 0.354. The second kappa shape index (κ2) is 6.14. The van der Waals surface area contributed by atoms with Crippen LogP contribution in [0.3, 0.4) is 0 Å². The minimum atomic E-state index is 0.126. The Kier molecular flexibility index (Phi) is 4.19. The monoisotopic (exact) mass is 352 g/mol. The van der Waals surface area contributed by atoms with E-state index in [4.69, 9.17) is 38.4 Å². The Balaban J connectivity index is 2.06. The Hall–Kier alpha value is -2.18. The van der Waals surface area contributed by atoms with Crippen molar-refractivity contribution in [1.29, 1.82) is 0 Å². The molecule has 1 aromatic carbocycles. The van der Waals surface area contributed by atoms with Crippen molar-refractivity contribution >= 4 is 40.2 Å². The number of anilines is 1. The number of rotatable bonds is 4. The van der Waals surface area contributed by atoms with Gasteiger partial charge in [0.15, 0.2) is 11.5 Å². The summed E-state index contributed by atoms with van der Waals surface area (Å²) in [5.41, 5.74) is 7.18. The molecule has 0 bridgehead atoms. The Morgan fingerprint density at radius 1 is 1.13 bits per heavy atom. The van der Waals surface area contributed by atoms with Crippen LogP contribution in [0, 0.1) is 0 Å². The van der Waals surface area contributed by atoms with Gasteiger partial charge in [-0.3, -0.25) is 0 Å². The third kappa shape index (κ3) is 2.87. The maximum atomic E-state index is 6.34. The number of ether oxygens (including phenoxy) is 2. The Morgan fingerprint density at radius 2 is 1.83 bits per heavy atom. The molecule has 2 heterocycles. The van der Waals surface area contributed by atoms with Crippen LogP contribution in [0.25, 0.3) is 11.0 Å². The number of methoxy groups -OCH3 is 2. The summed E-state index contributed by atoms with van der Waals surface area (Å²) in [4.78, 5) is 8.19. The summed E-state index contributed by atoms with van der Waals surface area (Å²) in [6, 6.07) is 5.39. The van der Waals surface area contributed by atoms with Gasteiger partial charge in [0.2, 0.25) is 5.95 Å². The van der Waals surface area contributed by atoms with Gasteiger partial charge in [0.25, 0.3) is 0 Å². The molecular weight excluding hydrogens is 339 g/mol. The molecule has 0 spiro atoms. The molecule has 3 rings (SSSR count). The summed E-state index contributed by atoms with van der Waals surface area (Å²) in [6.45, 7) is 0.482. The molecule has 8 heteroatoms. The van der Waals surface area contributed by atoms with Gasteiger partial charge in [-0.25, -0.2) is 4.98 Å². The Bertz CT molecular complexity index is 880. The maximum absolute atomic E-state index is 6.34. The van der Waals surface area contributed by atoms with Crippen LogP contribution in [0.15, 0.2) is 24.4 Å². The highest BCUT2D eigenvalue weighted by atomic mass is 35.5. The molecule has 2 N–H and O–H groups in total. The van der Waals surface area contributed by atoms with E-state index in [1.54, 1.807) is 20.3 Å². The van der Waals surface area contributed by atoms with Crippen molar-refractivity contribution in [2.75, 3.05) is 20.0 Å². The topological polar surface area (TPSA) is 75.2 Å². The molecule has 6 nitrogen and oxygen atoms in total. The highest BCUT2D eigenvalue weighted by molar-refractivity contribution is 6.34. The number of hydrogen-bond donors (Lipinski definition) is 1. The summed E-state index contributed by atoms with van der Waals surface area (Å²) in [6.07, 6.45) is 1.86. The molecule has 2 aromatic heterocycles. The minimum Gasteiger partial charge on any atom is -0.493 e. The van der Waals surface area contributed by atoms with Crippen LogP contribution >= 0.6 is 23.2 Å². The lowest BCUT2D eigenvalue weighted by atomic mass is 10.2. The van der Waals surface area contributed by atoms with Gasteiger partial charge in [0.1, 0.15) is 10.8 Å². The first-order chi connectivity index (χ1) is 11.0. The zero-order valence-electron chi connectivity index (χ0n) is 12.5. The van der Waals surface area contributed by atoms with E-state index >= 15 is 0 Å². The van der Waals surface area contributed by atoms with E-state index in [9.17, 15) is 0 Å². The second-order valence-electron chi connectivity index (χ2n) is 4.85. The van der Waals surface area contributed by atoms with Crippen LogP contribution in [-0.4, -0.2) is 28.8 Å². The van der Waals surface area contributed by atoms with Gasteiger partial charge in [-0.1, -0.05) is 23.2 Å². The summed E-state index contributed by atoms with van der Waals surface area (Å²) in [7, 11) is 3.14. The molecule has 0 aliphatic rings. The van der Waals surface area contributed by atoms with Gasteiger partial charge in [-0.2, -0.15) is 4.98 Å². The number of halogens is 2. The molecule has 0 aliphatic carbocycles. The smallest absolute Gasteiger partial charge is 0.223 e. The number of nitrogens with two attached hydrogens (primary N) is 1. The number of benzene rings is 1. The molecule has 0 aliphatic heterocycles. The first-order valence-corrected chi connectivity index (χ1v) is 7.47. The Labute approximate surface area is 142 Å². The first-order valence-electron chi connectivity index (χ1n) is 6.71. The predicted octanol–water partition coefficient (Wildman–Crippen LogP) is 3.39. The number of hydrogen-bond acceptors (Lipinski definition) is 5. The van der Waals surface area contributed by atoms with E-state index in [0.29, 0.717) is 33.9 Å². The fourth-order valence-corrected chi connectivity index (χ4v) is 2.82. The fraction of sp³-hybridized carbons (Fsp3) is 0.200. The molecule has 0 saturated heterocycles. The molecule has 0 radical (unpaired) electrons. The number of nitrogen functional groups attached to an aromatic ring is 1. The van der Waals surface area contributed by atoms with E-state index in [-0.39, 0.29) is 5.95 Å². The van der Waals surface area contributed by atoms with Crippen molar-refractivity contribution in [3.8, 4) is 11.5 Å². The van der Waals surface area contributed by atoms with Crippen LogP contribution in [0.2, 0.25) is 10.2 Å². The van der Waals surface area contributed by atoms with Gasteiger partial charge in [-0.05, 0) is 17.7 Å². The summed E-state index contributed by atoms with van der Waals surface area (Å²) >= 11 is 12.4. The molecule has 3 aromatic rings. The predicted molar refractivity (Wildman–Crippen MR) is 90.6 cm³/mol. The largest absolute Gasteiger partial charge is 0.493 e. The molecule has 23 heavy (non-hydrogen) atoms. The molecule has 0 unspecified atom stereocenters. The summed E-state index contributed by atoms with van der Waals surface area (Å²) in [5, 5.41) is 1.62. The minimum absolute atomic E-state index is 0.126. The third-order valence-corrected chi connectivity index (χ3v) is 4.12. The summed E-state index contributed by atoms with van der Waals surface area (Å²) in [5.74, 6) is 1.31. The van der Waals surface area contributed by atoms with E-state index in [1.165, 1.54) is 0 Å². The highest BCUT2D eigenvalue weighted by Crippen LogP contribution is 2.34. The van der Waals surface area contributed by atoms with Crippen LogP contribution in [-0.2, 0) is 6.54 Å². The normalized spacial score (nSPS) is 11.0. The van der Waals surface area contributed by atoms with Crippen molar-refractivity contribution in [2.45, 2.75) is 6.54 Å². The van der Waals surface area contributed by atoms with Crippen LogP contribution in [0.1, 0.15) is 5.56 Å². The average molecular weight is 353 g/mol. The summed E-state index contributed by atoms with van der Waals surface area (Å²) < 4.78 is 12.5. The molecule has 0 saturated carbocycles. The van der Waals surface area contributed by atoms with E-state index in [0.717, 1.165) is 10.9 Å². The van der Waals surface area contributed by atoms with Crippen molar-refractivity contribution in [3.05, 3.63) is 40.1 Å². The van der Waals surface area contributed by atoms with E-state index in [2.05, 4.69) is 9.97 Å². The zero-order valence-corrected chi connectivity index (χ0v) is 14.0. The molecule has 0 atom stereocenters. The van der Waals surface area contributed by atoms with Gasteiger partial charge < -0.3 is 19.8 Å². The second-order valence-corrected chi connectivity index (χ2v) is 5.62. The number of aromatic nitrogens is 3. The van der Waals surface area contributed by atoms with Gasteiger partial charge in [0, 0.05) is 17.3 Å². The molecule has 0 amide bonds. The van der Waals surface area contributed by atoms with Crippen LogP contribution in [0.4, 0.5) is 5.95 Å².